The lowest BCUT2D eigenvalue weighted by Crippen LogP contribution is -2.27. The standard InChI is InChI=1S/C22H18INO7S2/c1-3-28-19(25)10-29-20-14(23)6-12(7-17(20)27-2)8-18-21(26)24(22(32)33-18)13-4-5-15-16(9-13)31-11-30-15/h4-9H,3,10-11H2,1-2H3/b18-8+. The SMILES string of the molecule is CCOC(=O)COc1c(I)cc(/C=C2/SC(=S)N(c3ccc4c(c3)OCO4)C2=O)cc1OC. The molecule has 8 nitrogen and oxygen atoms in total. The van der Waals surface area contributed by atoms with Gasteiger partial charge in [-0.15, -0.1) is 0 Å². The number of thiocarbonyl (C=S) groups is 1. The maximum Gasteiger partial charge on any atom is 0.344 e. The lowest BCUT2D eigenvalue weighted by atomic mass is 10.1. The average Bonchev–Trinajstić information content (AvgIpc) is 3.36. The summed E-state index contributed by atoms with van der Waals surface area (Å²) in [6, 6.07) is 8.81. The molecule has 0 atom stereocenters. The molecule has 172 valence electrons. The second-order valence-electron chi connectivity index (χ2n) is 6.68. The van der Waals surface area contributed by atoms with Gasteiger partial charge in [0.25, 0.3) is 5.91 Å². The Bertz CT molecular complexity index is 1170. The van der Waals surface area contributed by atoms with Crippen molar-refractivity contribution < 1.29 is 33.3 Å². The number of thioether (sulfide) groups is 1. The summed E-state index contributed by atoms with van der Waals surface area (Å²) in [6.45, 7) is 1.93. The van der Waals surface area contributed by atoms with Crippen LogP contribution in [0, 0.1) is 3.57 Å². The van der Waals surface area contributed by atoms with Crippen molar-refractivity contribution in [2.45, 2.75) is 6.92 Å². The van der Waals surface area contributed by atoms with Gasteiger partial charge in [-0.3, -0.25) is 9.69 Å². The number of amides is 1. The van der Waals surface area contributed by atoms with E-state index in [4.69, 9.17) is 35.9 Å². The fraction of sp³-hybridized carbons (Fsp3) is 0.227. The van der Waals surface area contributed by atoms with Crippen molar-refractivity contribution in [2.24, 2.45) is 0 Å². The van der Waals surface area contributed by atoms with E-state index in [0.717, 1.165) is 5.56 Å². The minimum absolute atomic E-state index is 0.150. The molecule has 1 fully saturated rings. The van der Waals surface area contributed by atoms with Gasteiger partial charge >= 0.3 is 5.97 Å². The van der Waals surface area contributed by atoms with Crippen molar-refractivity contribution in [2.75, 3.05) is 32.0 Å². The normalized spacial score (nSPS) is 15.8. The first-order chi connectivity index (χ1) is 15.9. The molecule has 0 bridgehead atoms. The van der Waals surface area contributed by atoms with Crippen LogP contribution in [0.2, 0.25) is 0 Å². The van der Waals surface area contributed by atoms with Crippen LogP contribution in [0.25, 0.3) is 6.08 Å². The Morgan fingerprint density at radius 1 is 1.27 bits per heavy atom. The number of carbonyl (C=O) groups excluding carboxylic acids is 2. The average molecular weight is 599 g/mol. The molecular formula is C22H18INO7S2. The van der Waals surface area contributed by atoms with Gasteiger partial charge in [-0.25, -0.2) is 4.79 Å². The molecule has 0 spiro atoms. The lowest BCUT2D eigenvalue weighted by Gasteiger charge is -2.15. The van der Waals surface area contributed by atoms with Crippen molar-refractivity contribution in [1.82, 2.24) is 0 Å². The predicted octanol–water partition coefficient (Wildman–Crippen LogP) is 4.38. The Kier molecular flexibility index (Phi) is 7.29. The number of ether oxygens (including phenoxy) is 5. The molecule has 2 aliphatic heterocycles. The maximum absolute atomic E-state index is 13.1. The van der Waals surface area contributed by atoms with E-state index in [1.165, 1.54) is 23.8 Å². The Hall–Kier alpha value is -2.51. The van der Waals surface area contributed by atoms with Crippen molar-refractivity contribution in [1.29, 1.82) is 0 Å². The third-order valence-corrected chi connectivity index (χ3v) is 6.70. The molecule has 0 saturated carbocycles. The molecule has 33 heavy (non-hydrogen) atoms. The van der Waals surface area contributed by atoms with E-state index in [1.807, 2.05) is 6.07 Å². The molecule has 0 unspecified atom stereocenters. The van der Waals surface area contributed by atoms with Gasteiger partial charge in [0.05, 0.1) is 27.9 Å². The van der Waals surface area contributed by atoms with Crippen LogP contribution in [0.4, 0.5) is 5.69 Å². The van der Waals surface area contributed by atoms with Gasteiger partial charge in [0, 0.05) is 6.07 Å². The number of halogens is 1. The van der Waals surface area contributed by atoms with Gasteiger partial charge in [-0.05, 0) is 65.4 Å². The van der Waals surface area contributed by atoms with E-state index >= 15 is 0 Å². The second-order valence-corrected chi connectivity index (χ2v) is 9.52. The summed E-state index contributed by atoms with van der Waals surface area (Å²) in [5, 5.41) is 0. The fourth-order valence-corrected chi connectivity index (χ4v) is 5.24. The van der Waals surface area contributed by atoms with Crippen molar-refractivity contribution in [3.05, 3.63) is 44.4 Å². The number of benzene rings is 2. The van der Waals surface area contributed by atoms with Gasteiger partial charge in [0.15, 0.2) is 33.9 Å². The maximum atomic E-state index is 13.1. The molecule has 11 heteroatoms. The van der Waals surface area contributed by atoms with E-state index in [9.17, 15) is 9.59 Å². The molecular weight excluding hydrogens is 581 g/mol. The van der Waals surface area contributed by atoms with Crippen LogP contribution < -0.4 is 23.8 Å². The van der Waals surface area contributed by atoms with Crippen molar-refractivity contribution in [3.63, 3.8) is 0 Å². The summed E-state index contributed by atoms with van der Waals surface area (Å²) in [6.07, 6.45) is 1.74. The summed E-state index contributed by atoms with van der Waals surface area (Å²) in [5.41, 5.74) is 1.34. The van der Waals surface area contributed by atoms with Crippen LogP contribution in [-0.4, -0.2) is 43.3 Å². The highest BCUT2D eigenvalue weighted by molar-refractivity contribution is 14.1. The van der Waals surface area contributed by atoms with Crippen LogP contribution >= 0.6 is 46.6 Å². The summed E-state index contributed by atoms with van der Waals surface area (Å²) in [7, 11) is 1.51. The largest absolute Gasteiger partial charge is 0.493 e. The fourth-order valence-electron chi connectivity index (χ4n) is 3.16. The highest BCUT2D eigenvalue weighted by Crippen LogP contribution is 2.41. The smallest absolute Gasteiger partial charge is 0.344 e. The highest BCUT2D eigenvalue weighted by atomic mass is 127. The lowest BCUT2D eigenvalue weighted by molar-refractivity contribution is -0.145. The highest BCUT2D eigenvalue weighted by Gasteiger charge is 2.34. The van der Waals surface area contributed by atoms with Crippen molar-refractivity contribution >= 4 is 74.5 Å². The molecule has 2 aromatic rings. The number of hydrogen-bond acceptors (Lipinski definition) is 9. The summed E-state index contributed by atoms with van der Waals surface area (Å²) < 4.78 is 27.8. The number of carbonyl (C=O) groups is 2. The first-order valence-electron chi connectivity index (χ1n) is 9.74. The number of methoxy groups -OCH3 is 1. The van der Waals surface area contributed by atoms with Crippen LogP contribution in [0.5, 0.6) is 23.0 Å². The van der Waals surface area contributed by atoms with E-state index in [-0.39, 0.29) is 25.9 Å². The summed E-state index contributed by atoms with van der Waals surface area (Å²) in [4.78, 5) is 26.7. The molecule has 0 radical (unpaired) electrons. The number of nitrogens with zero attached hydrogens (tertiary/aromatic N) is 1. The molecule has 0 aromatic heterocycles. The van der Waals surface area contributed by atoms with Crippen LogP contribution in [0.1, 0.15) is 12.5 Å². The Morgan fingerprint density at radius 2 is 2.06 bits per heavy atom. The Morgan fingerprint density at radius 3 is 2.82 bits per heavy atom. The molecule has 2 heterocycles. The van der Waals surface area contributed by atoms with Gasteiger partial charge < -0.3 is 23.7 Å². The molecule has 1 saturated heterocycles. The Balaban J connectivity index is 1.57. The zero-order valence-corrected chi connectivity index (χ0v) is 21.4. The second kappa shape index (κ2) is 10.2. The minimum atomic E-state index is -0.466. The third-order valence-electron chi connectivity index (χ3n) is 4.60. The minimum Gasteiger partial charge on any atom is -0.493 e. The number of anilines is 1. The molecule has 0 N–H and O–H groups in total. The third kappa shape index (κ3) is 5.04. The summed E-state index contributed by atoms with van der Waals surface area (Å²) >= 11 is 8.76. The van der Waals surface area contributed by atoms with Gasteiger partial charge in [0.1, 0.15) is 0 Å². The molecule has 0 aliphatic carbocycles. The number of hydrogen-bond donors (Lipinski definition) is 0. The summed E-state index contributed by atoms with van der Waals surface area (Å²) in [5.74, 6) is 1.36. The predicted molar refractivity (Wildman–Crippen MR) is 136 cm³/mol. The van der Waals surface area contributed by atoms with E-state index < -0.39 is 5.97 Å². The van der Waals surface area contributed by atoms with Crippen LogP contribution in [0.15, 0.2) is 35.2 Å². The topological polar surface area (TPSA) is 83.5 Å². The van der Waals surface area contributed by atoms with Gasteiger partial charge in [0.2, 0.25) is 6.79 Å². The van der Waals surface area contributed by atoms with Crippen LogP contribution in [0.3, 0.4) is 0 Å². The number of fused-ring (bicyclic) bond motifs is 1. The van der Waals surface area contributed by atoms with Gasteiger partial charge in [-0.1, -0.05) is 24.0 Å². The molecule has 2 aromatic carbocycles. The quantitative estimate of drug-likeness (QED) is 0.199. The number of rotatable bonds is 7. The molecule has 2 aliphatic rings. The van der Waals surface area contributed by atoms with E-state index in [0.29, 0.717) is 41.5 Å². The first kappa shape index (κ1) is 23.6. The van der Waals surface area contributed by atoms with Crippen LogP contribution in [-0.2, 0) is 14.3 Å². The van der Waals surface area contributed by atoms with E-state index in [2.05, 4.69) is 22.6 Å². The monoisotopic (exact) mass is 599 g/mol. The number of esters is 1. The van der Waals surface area contributed by atoms with Gasteiger partial charge in [-0.2, -0.15) is 0 Å². The zero-order valence-electron chi connectivity index (χ0n) is 17.6. The van der Waals surface area contributed by atoms with Crippen molar-refractivity contribution in [3.8, 4) is 23.0 Å². The first-order valence-corrected chi connectivity index (χ1v) is 12.0. The molecule has 1 amide bonds. The Labute approximate surface area is 213 Å². The molecule has 4 rings (SSSR count). The zero-order chi connectivity index (χ0) is 23.5. The van der Waals surface area contributed by atoms with E-state index in [1.54, 1.807) is 37.3 Å².